The first-order valence-corrected chi connectivity index (χ1v) is 11.1. The molecule has 0 spiro atoms. The van der Waals surface area contributed by atoms with Gasteiger partial charge in [0.1, 0.15) is 6.04 Å². The number of amides is 1. The summed E-state index contributed by atoms with van der Waals surface area (Å²) in [7, 11) is 0. The van der Waals surface area contributed by atoms with Gasteiger partial charge in [0.15, 0.2) is 0 Å². The van der Waals surface area contributed by atoms with Gasteiger partial charge >= 0.3 is 5.82 Å². The molecule has 3 aromatic rings. The van der Waals surface area contributed by atoms with Gasteiger partial charge in [0.05, 0.1) is 28.2 Å². The third-order valence-electron chi connectivity index (χ3n) is 6.33. The van der Waals surface area contributed by atoms with Crippen molar-refractivity contribution < 1.29 is 9.72 Å². The minimum absolute atomic E-state index is 0.0694. The van der Waals surface area contributed by atoms with E-state index in [1.54, 1.807) is 13.8 Å². The van der Waals surface area contributed by atoms with Crippen molar-refractivity contribution in [3.63, 3.8) is 0 Å². The lowest BCUT2D eigenvalue weighted by atomic mass is 10.1. The van der Waals surface area contributed by atoms with Crippen molar-refractivity contribution in [3.05, 3.63) is 69.2 Å². The minimum atomic E-state index is -0.584. The number of carbonyl (C=O) groups excluding carboxylic acids is 1. The van der Waals surface area contributed by atoms with Crippen molar-refractivity contribution in [1.29, 1.82) is 0 Å². The van der Waals surface area contributed by atoms with Gasteiger partial charge in [0, 0.05) is 44.0 Å². The molecule has 174 valence electrons. The van der Waals surface area contributed by atoms with E-state index in [4.69, 9.17) is 5.10 Å². The fraction of sp³-hybridized carbons (Fsp3) is 0.435. The van der Waals surface area contributed by atoms with E-state index >= 15 is 0 Å². The average Bonchev–Trinajstić information content (AvgIpc) is 3.34. The molecule has 3 heterocycles. The lowest BCUT2D eigenvalue weighted by Crippen LogP contribution is -2.50. The van der Waals surface area contributed by atoms with E-state index in [0.29, 0.717) is 18.8 Å². The summed E-state index contributed by atoms with van der Waals surface area (Å²) >= 11 is 0. The van der Waals surface area contributed by atoms with Crippen LogP contribution in [-0.4, -0.2) is 66.4 Å². The molecule has 10 heteroatoms. The van der Waals surface area contributed by atoms with Crippen LogP contribution in [0.15, 0.2) is 36.4 Å². The largest absolute Gasteiger partial charge is 0.390 e. The Morgan fingerprint density at radius 2 is 1.76 bits per heavy atom. The van der Waals surface area contributed by atoms with Crippen molar-refractivity contribution in [2.24, 2.45) is 0 Å². The molecule has 0 N–H and O–H groups in total. The summed E-state index contributed by atoms with van der Waals surface area (Å²) < 4.78 is 3.43. The average molecular weight is 452 g/mol. The quantitative estimate of drug-likeness (QED) is 0.422. The third-order valence-corrected chi connectivity index (χ3v) is 6.33. The Hall–Kier alpha value is -3.53. The molecule has 0 saturated carbocycles. The highest BCUT2D eigenvalue weighted by molar-refractivity contribution is 5.80. The summed E-state index contributed by atoms with van der Waals surface area (Å²) in [6.45, 7) is 11.1. The van der Waals surface area contributed by atoms with Crippen LogP contribution >= 0.6 is 0 Å². The van der Waals surface area contributed by atoms with Gasteiger partial charge < -0.3 is 15.0 Å². The lowest BCUT2D eigenvalue weighted by molar-refractivity contribution is -0.389. The van der Waals surface area contributed by atoms with Crippen LogP contribution < -0.4 is 0 Å². The molecule has 10 nitrogen and oxygen atoms in total. The van der Waals surface area contributed by atoms with Gasteiger partial charge in [0.25, 0.3) is 0 Å². The Balaban J connectivity index is 1.39. The highest BCUT2D eigenvalue weighted by atomic mass is 16.6. The Labute approximate surface area is 192 Å². The van der Waals surface area contributed by atoms with Crippen molar-refractivity contribution >= 4 is 11.7 Å². The van der Waals surface area contributed by atoms with E-state index in [1.807, 2.05) is 46.8 Å². The van der Waals surface area contributed by atoms with Crippen molar-refractivity contribution in [2.45, 2.75) is 40.3 Å². The molecule has 2 aromatic heterocycles. The molecule has 1 aromatic carbocycles. The lowest BCUT2D eigenvalue weighted by Gasteiger charge is -2.35. The van der Waals surface area contributed by atoms with Crippen LogP contribution in [0, 0.1) is 30.9 Å². The Morgan fingerprint density at radius 1 is 1.09 bits per heavy atom. The molecular formula is C23H29N7O3. The summed E-state index contributed by atoms with van der Waals surface area (Å²) in [5.41, 5.74) is 5.00. The number of piperazine rings is 1. The zero-order valence-corrected chi connectivity index (χ0v) is 19.4. The van der Waals surface area contributed by atoms with Crippen LogP contribution in [0.1, 0.15) is 35.6 Å². The summed E-state index contributed by atoms with van der Waals surface area (Å²) in [6.07, 6.45) is 0. The molecule has 0 radical (unpaired) electrons. The molecule has 1 saturated heterocycles. The van der Waals surface area contributed by atoms with Gasteiger partial charge in [-0.05, 0) is 44.8 Å². The second-order valence-corrected chi connectivity index (χ2v) is 8.52. The molecule has 1 fully saturated rings. The summed E-state index contributed by atoms with van der Waals surface area (Å²) in [6, 6.07) is 10.9. The van der Waals surface area contributed by atoms with Crippen LogP contribution in [-0.2, 0) is 11.3 Å². The van der Waals surface area contributed by atoms with Gasteiger partial charge in [-0.15, -0.1) is 0 Å². The number of nitrogens with zero attached hydrogens (tertiary/aromatic N) is 7. The number of para-hydroxylation sites is 1. The summed E-state index contributed by atoms with van der Waals surface area (Å²) in [5, 5.41) is 19.7. The van der Waals surface area contributed by atoms with Crippen LogP contribution in [0.2, 0.25) is 0 Å². The fourth-order valence-electron chi connectivity index (χ4n) is 4.40. The smallest absolute Gasteiger partial charge is 0.358 e. The van der Waals surface area contributed by atoms with Gasteiger partial charge in [0.2, 0.25) is 5.91 Å². The minimum Gasteiger partial charge on any atom is -0.358 e. The number of benzene rings is 1. The molecule has 33 heavy (non-hydrogen) atoms. The second kappa shape index (κ2) is 9.14. The maximum absolute atomic E-state index is 13.0. The number of rotatable bonds is 6. The van der Waals surface area contributed by atoms with E-state index < -0.39 is 11.0 Å². The molecular weight excluding hydrogens is 422 g/mol. The molecule has 0 aliphatic carbocycles. The first-order valence-electron chi connectivity index (χ1n) is 11.1. The number of aryl methyl sites for hydroxylation is 2. The van der Waals surface area contributed by atoms with Crippen LogP contribution in [0.4, 0.5) is 5.82 Å². The fourth-order valence-corrected chi connectivity index (χ4v) is 4.40. The van der Waals surface area contributed by atoms with Gasteiger partial charge in [-0.1, -0.05) is 18.2 Å². The number of carbonyl (C=O) groups is 1. The molecule has 1 amide bonds. The SMILES string of the molecule is Cc1nn(-c2ccccc2)c(C)c1CN1CCN(C(=O)C(C)n2nc([N+](=O)[O-])cc2C)CC1. The van der Waals surface area contributed by atoms with E-state index in [0.717, 1.165) is 36.7 Å². The Morgan fingerprint density at radius 3 is 2.36 bits per heavy atom. The normalized spacial score (nSPS) is 15.6. The van der Waals surface area contributed by atoms with E-state index in [9.17, 15) is 14.9 Å². The molecule has 0 bridgehead atoms. The van der Waals surface area contributed by atoms with E-state index in [-0.39, 0.29) is 11.7 Å². The maximum Gasteiger partial charge on any atom is 0.390 e. The van der Waals surface area contributed by atoms with Gasteiger partial charge in [-0.25, -0.2) is 4.68 Å². The van der Waals surface area contributed by atoms with Crippen LogP contribution in [0.25, 0.3) is 5.69 Å². The zero-order chi connectivity index (χ0) is 23.7. The molecule has 1 aliphatic heterocycles. The first kappa shape index (κ1) is 22.7. The third kappa shape index (κ3) is 4.51. The van der Waals surface area contributed by atoms with Crippen molar-refractivity contribution in [1.82, 2.24) is 29.4 Å². The van der Waals surface area contributed by atoms with Gasteiger partial charge in [-0.2, -0.15) is 9.78 Å². The Kier molecular flexibility index (Phi) is 6.28. The number of hydrogen-bond donors (Lipinski definition) is 0. The standard InChI is InChI=1S/C23H29N7O3/c1-16-14-22(30(32)33)25-28(16)19(4)23(31)27-12-10-26(11-13-27)15-21-17(2)24-29(18(21)3)20-8-6-5-7-9-20/h5-9,14,19H,10-13,15H2,1-4H3. The predicted molar refractivity (Wildman–Crippen MR) is 123 cm³/mol. The van der Waals surface area contributed by atoms with Crippen LogP contribution in [0.3, 0.4) is 0 Å². The van der Waals surface area contributed by atoms with E-state index in [2.05, 4.69) is 16.9 Å². The van der Waals surface area contributed by atoms with Crippen molar-refractivity contribution in [2.75, 3.05) is 26.2 Å². The Bertz CT molecular complexity index is 1160. The monoisotopic (exact) mass is 451 g/mol. The van der Waals surface area contributed by atoms with Crippen LogP contribution in [0.5, 0.6) is 0 Å². The second-order valence-electron chi connectivity index (χ2n) is 8.52. The van der Waals surface area contributed by atoms with E-state index in [1.165, 1.54) is 16.3 Å². The summed E-state index contributed by atoms with van der Waals surface area (Å²) in [4.78, 5) is 27.6. The number of hydrogen-bond acceptors (Lipinski definition) is 6. The highest BCUT2D eigenvalue weighted by Gasteiger charge is 2.30. The molecule has 1 atom stereocenters. The topological polar surface area (TPSA) is 102 Å². The number of nitro groups is 1. The van der Waals surface area contributed by atoms with Crippen molar-refractivity contribution in [3.8, 4) is 5.69 Å². The number of aromatic nitrogens is 4. The highest BCUT2D eigenvalue weighted by Crippen LogP contribution is 2.22. The predicted octanol–water partition coefficient (Wildman–Crippen LogP) is 2.81. The zero-order valence-electron chi connectivity index (χ0n) is 19.4. The summed E-state index contributed by atoms with van der Waals surface area (Å²) in [5.74, 6) is -0.307. The maximum atomic E-state index is 13.0. The molecule has 1 unspecified atom stereocenters. The molecule has 1 aliphatic rings. The molecule has 4 rings (SSSR count). The van der Waals surface area contributed by atoms with Gasteiger partial charge in [-0.3, -0.25) is 9.69 Å². The first-order chi connectivity index (χ1) is 15.8.